The third kappa shape index (κ3) is 3.91. The number of benzene rings is 1. The van der Waals surface area contributed by atoms with E-state index in [1.807, 2.05) is 25.1 Å². The summed E-state index contributed by atoms with van der Waals surface area (Å²) >= 11 is 0. The van der Waals surface area contributed by atoms with Crippen LogP contribution >= 0.6 is 0 Å². The smallest absolute Gasteiger partial charge is 0.306 e. The van der Waals surface area contributed by atoms with Gasteiger partial charge in [-0.2, -0.15) is 0 Å². The van der Waals surface area contributed by atoms with Crippen LogP contribution in [0.3, 0.4) is 0 Å². The van der Waals surface area contributed by atoms with Crippen molar-refractivity contribution in [1.29, 1.82) is 0 Å². The Hall–Kier alpha value is -2.37. The zero-order chi connectivity index (χ0) is 20.4. The van der Waals surface area contributed by atoms with Crippen LogP contribution in [0.25, 0.3) is 0 Å². The zero-order valence-electron chi connectivity index (χ0n) is 16.9. The lowest BCUT2D eigenvalue weighted by atomic mass is 9.86. The highest BCUT2D eigenvalue weighted by Gasteiger charge is 2.40. The van der Waals surface area contributed by atoms with Gasteiger partial charge in [-0.25, -0.2) is 0 Å². The molecule has 1 aromatic rings. The molecule has 0 radical (unpaired) electrons. The second-order valence-electron chi connectivity index (χ2n) is 8.27. The Bertz CT molecular complexity index is 763. The van der Waals surface area contributed by atoms with Crippen LogP contribution in [0.4, 0.5) is 5.69 Å². The van der Waals surface area contributed by atoms with Crippen molar-refractivity contribution in [3.63, 3.8) is 0 Å². The molecule has 1 aromatic carbocycles. The number of aliphatic carboxylic acids is 1. The number of likely N-dealkylation sites (tertiary alicyclic amines) is 1. The minimum absolute atomic E-state index is 0.0115. The molecule has 28 heavy (non-hydrogen) atoms. The number of hydrogen-bond acceptors (Lipinski definition) is 3. The first-order valence-corrected chi connectivity index (χ1v) is 10.2. The standard InChI is InChI=1S/C22H30N2O4/c1-4-14(2)17-7-5-6-8-19(17)24-13-16(11-20(24)25)21(26)23-10-9-18(22(27)28)15(3)12-23/h5-8,14-16,18H,4,9-13H2,1-3H3,(H,27,28). The monoisotopic (exact) mass is 386 g/mol. The van der Waals surface area contributed by atoms with Crippen LogP contribution in [-0.4, -0.2) is 47.4 Å². The molecule has 2 aliphatic rings. The maximum atomic E-state index is 13.0. The number of carboxylic acids is 1. The second-order valence-corrected chi connectivity index (χ2v) is 8.27. The summed E-state index contributed by atoms with van der Waals surface area (Å²) in [6.07, 6.45) is 1.68. The Morgan fingerprint density at radius 2 is 1.96 bits per heavy atom. The van der Waals surface area contributed by atoms with Gasteiger partial charge in [0, 0.05) is 31.7 Å². The van der Waals surface area contributed by atoms with E-state index in [1.54, 1.807) is 9.80 Å². The summed E-state index contributed by atoms with van der Waals surface area (Å²) in [5, 5.41) is 9.28. The van der Waals surface area contributed by atoms with E-state index in [4.69, 9.17) is 0 Å². The molecule has 0 aromatic heterocycles. The van der Waals surface area contributed by atoms with Gasteiger partial charge >= 0.3 is 5.97 Å². The highest BCUT2D eigenvalue weighted by atomic mass is 16.4. The first-order chi connectivity index (χ1) is 13.3. The van der Waals surface area contributed by atoms with Crippen molar-refractivity contribution < 1.29 is 19.5 Å². The highest BCUT2D eigenvalue weighted by Crippen LogP contribution is 2.34. The molecule has 152 valence electrons. The molecule has 2 fully saturated rings. The van der Waals surface area contributed by atoms with Crippen molar-refractivity contribution in [2.75, 3.05) is 24.5 Å². The Morgan fingerprint density at radius 1 is 1.25 bits per heavy atom. The van der Waals surface area contributed by atoms with Gasteiger partial charge in [0.2, 0.25) is 11.8 Å². The van der Waals surface area contributed by atoms with E-state index < -0.39 is 11.9 Å². The van der Waals surface area contributed by atoms with Crippen molar-refractivity contribution in [1.82, 2.24) is 4.90 Å². The maximum absolute atomic E-state index is 13.0. The number of para-hydroxylation sites is 1. The maximum Gasteiger partial charge on any atom is 0.306 e. The molecule has 2 heterocycles. The van der Waals surface area contributed by atoms with E-state index in [9.17, 15) is 19.5 Å². The molecular weight excluding hydrogens is 356 g/mol. The van der Waals surface area contributed by atoms with Crippen LogP contribution in [-0.2, 0) is 14.4 Å². The van der Waals surface area contributed by atoms with Crippen molar-refractivity contribution in [3.8, 4) is 0 Å². The van der Waals surface area contributed by atoms with E-state index in [2.05, 4.69) is 19.9 Å². The summed E-state index contributed by atoms with van der Waals surface area (Å²) in [5.41, 5.74) is 2.05. The summed E-state index contributed by atoms with van der Waals surface area (Å²) in [6.45, 7) is 7.46. The Morgan fingerprint density at radius 3 is 2.61 bits per heavy atom. The van der Waals surface area contributed by atoms with Crippen molar-refractivity contribution in [2.45, 2.75) is 46.0 Å². The summed E-state index contributed by atoms with van der Waals surface area (Å²) < 4.78 is 0. The Kier molecular flexibility index (Phi) is 6.06. The van der Waals surface area contributed by atoms with Crippen LogP contribution in [0.1, 0.15) is 51.5 Å². The van der Waals surface area contributed by atoms with Crippen LogP contribution in [0.15, 0.2) is 24.3 Å². The number of carbonyl (C=O) groups is 3. The predicted octanol–water partition coefficient (Wildman–Crippen LogP) is 3.12. The van der Waals surface area contributed by atoms with Crippen molar-refractivity contribution >= 4 is 23.5 Å². The molecule has 0 saturated carbocycles. The van der Waals surface area contributed by atoms with Crippen molar-refractivity contribution in [2.24, 2.45) is 17.8 Å². The largest absolute Gasteiger partial charge is 0.481 e. The van der Waals surface area contributed by atoms with Gasteiger partial charge in [-0.3, -0.25) is 14.4 Å². The highest BCUT2D eigenvalue weighted by molar-refractivity contribution is 6.01. The summed E-state index contributed by atoms with van der Waals surface area (Å²) in [5.74, 6) is -1.30. The van der Waals surface area contributed by atoms with Crippen LogP contribution in [0, 0.1) is 17.8 Å². The van der Waals surface area contributed by atoms with E-state index >= 15 is 0 Å². The van der Waals surface area contributed by atoms with E-state index in [1.165, 1.54) is 0 Å². The lowest BCUT2D eigenvalue weighted by Crippen LogP contribution is -2.47. The fraction of sp³-hybridized carbons (Fsp3) is 0.591. The van der Waals surface area contributed by atoms with Gasteiger partial charge in [0.1, 0.15) is 0 Å². The van der Waals surface area contributed by atoms with E-state index in [0.29, 0.717) is 32.0 Å². The average Bonchev–Trinajstić information content (AvgIpc) is 3.07. The quantitative estimate of drug-likeness (QED) is 0.843. The number of amides is 2. The molecule has 2 saturated heterocycles. The molecule has 4 unspecified atom stereocenters. The van der Waals surface area contributed by atoms with E-state index in [-0.39, 0.29) is 30.1 Å². The summed E-state index contributed by atoms with van der Waals surface area (Å²) in [4.78, 5) is 40.6. The molecule has 6 nitrogen and oxygen atoms in total. The molecule has 0 aliphatic carbocycles. The van der Waals surface area contributed by atoms with Crippen LogP contribution in [0.5, 0.6) is 0 Å². The van der Waals surface area contributed by atoms with Crippen molar-refractivity contribution in [3.05, 3.63) is 29.8 Å². The van der Waals surface area contributed by atoms with Gasteiger partial charge in [0.25, 0.3) is 0 Å². The van der Waals surface area contributed by atoms with Gasteiger partial charge in [0.05, 0.1) is 11.8 Å². The third-order valence-electron chi connectivity index (χ3n) is 6.38. The third-order valence-corrected chi connectivity index (χ3v) is 6.38. The molecule has 0 bridgehead atoms. The number of carbonyl (C=O) groups excluding carboxylic acids is 2. The number of anilines is 1. The molecule has 1 N–H and O–H groups in total. The zero-order valence-corrected chi connectivity index (χ0v) is 16.9. The SMILES string of the molecule is CCC(C)c1ccccc1N1CC(C(=O)N2CCC(C(=O)O)C(C)C2)CC1=O. The van der Waals surface area contributed by atoms with Gasteiger partial charge in [-0.1, -0.05) is 39.0 Å². The van der Waals surface area contributed by atoms with E-state index in [0.717, 1.165) is 17.7 Å². The lowest BCUT2D eigenvalue weighted by molar-refractivity contribution is -0.149. The molecular formula is C22H30N2O4. The first kappa shape index (κ1) is 20.4. The van der Waals surface area contributed by atoms with Gasteiger partial charge in [-0.15, -0.1) is 0 Å². The van der Waals surface area contributed by atoms with Gasteiger partial charge in [-0.05, 0) is 36.3 Å². The number of carboxylic acid groups (broad SMARTS) is 1. The minimum atomic E-state index is -0.788. The van der Waals surface area contributed by atoms with Crippen LogP contribution in [0.2, 0.25) is 0 Å². The predicted molar refractivity (Wildman–Crippen MR) is 107 cm³/mol. The molecule has 0 spiro atoms. The number of piperidine rings is 1. The van der Waals surface area contributed by atoms with Gasteiger partial charge < -0.3 is 14.9 Å². The fourth-order valence-corrected chi connectivity index (χ4v) is 4.45. The average molecular weight is 386 g/mol. The molecule has 3 rings (SSSR count). The topological polar surface area (TPSA) is 77.9 Å². The summed E-state index contributed by atoms with van der Waals surface area (Å²) in [7, 11) is 0. The fourth-order valence-electron chi connectivity index (χ4n) is 4.45. The molecule has 6 heteroatoms. The van der Waals surface area contributed by atoms with Gasteiger partial charge in [0.15, 0.2) is 0 Å². The first-order valence-electron chi connectivity index (χ1n) is 10.2. The normalized spacial score (nSPS) is 26.4. The Balaban J connectivity index is 1.72. The minimum Gasteiger partial charge on any atom is -0.481 e. The molecule has 2 amide bonds. The summed E-state index contributed by atoms with van der Waals surface area (Å²) in [6, 6.07) is 7.95. The van der Waals surface area contributed by atoms with Crippen LogP contribution < -0.4 is 4.90 Å². The number of hydrogen-bond donors (Lipinski definition) is 1. The lowest BCUT2D eigenvalue weighted by Gasteiger charge is -2.36. The molecule has 4 atom stereocenters. The number of nitrogens with zero attached hydrogens (tertiary/aromatic N) is 2. The Labute approximate surface area is 166 Å². The molecule has 2 aliphatic heterocycles. The number of rotatable bonds is 5. The second kappa shape index (κ2) is 8.33.